The maximum Gasteiger partial charge on any atom is 0.279 e. The molecule has 0 amide bonds. The molecule has 2 N–H and O–H groups in total. The molecule has 3 heterocycles. The van der Waals surface area contributed by atoms with E-state index in [0.717, 1.165) is 6.54 Å². The average Bonchev–Trinajstić information content (AvgIpc) is 3.12. The summed E-state index contributed by atoms with van der Waals surface area (Å²) in [6.45, 7) is 4.87. The first-order chi connectivity index (χ1) is 13.4. The predicted octanol–water partition coefficient (Wildman–Crippen LogP) is 1.43. The van der Waals surface area contributed by atoms with E-state index < -0.39 is 15.6 Å². The quantitative estimate of drug-likeness (QED) is 0.655. The summed E-state index contributed by atoms with van der Waals surface area (Å²) in [4.78, 5) is 18.6. The van der Waals surface area contributed by atoms with Crippen LogP contribution < -0.4 is 15.2 Å². The van der Waals surface area contributed by atoms with E-state index in [-0.39, 0.29) is 10.6 Å². The number of nitrogens with zero attached hydrogens (tertiary/aromatic N) is 2. The summed E-state index contributed by atoms with van der Waals surface area (Å²) in [7, 11) is -4.03. The zero-order valence-corrected chi connectivity index (χ0v) is 17.3. The molecule has 0 unspecified atom stereocenters. The Hall–Kier alpha value is -2.23. The van der Waals surface area contributed by atoms with Crippen LogP contribution in [0, 0.1) is 6.92 Å². The maximum atomic E-state index is 12.8. The van der Waals surface area contributed by atoms with Gasteiger partial charge in [-0.1, -0.05) is 12.1 Å². The number of anilines is 1. The predicted molar refractivity (Wildman–Crippen MR) is 110 cm³/mol. The monoisotopic (exact) mass is 419 g/mol. The molecular weight excluding hydrogens is 396 g/mol. The van der Waals surface area contributed by atoms with Gasteiger partial charge in [-0.05, 0) is 38.3 Å². The van der Waals surface area contributed by atoms with Crippen molar-refractivity contribution >= 4 is 32.0 Å². The molecule has 0 aliphatic carbocycles. The van der Waals surface area contributed by atoms with Crippen molar-refractivity contribution in [3.63, 3.8) is 0 Å². The van der Waals surface area contributed by atoms with Crippen molar-refractivity contribution in [1.82, 2.24) is 9.38 Å². The van der Waals surface area contributed by atoms with Crippen LogP contribution in [0.5, 0.6) is 0 Å². The van der Waals surface area contributed by atoms with Crippen LogP contribution in [-0.4, -0.2) is 30.9 Å². The SMILES string of the molecule is Cc1nc2sccn2c(=O)c1S(=O)(=O)Nc1ccc(C[NH+]2CCCCC2)cc1. The molecule has 3 aromatic rings. The van der Waals surface area contributed by atoms with E-state index in [1.165, 1.54) is 59.8 Å². The van der Waals surface area contributed by atoms with Crippen molar-refractivity contribution in [2.75, 3.05) is 17.8 Å². The summed E-state index contributed by atoms with van der Waals surface area (Å²) in [6.07, 6.45) is 5.39. The molecule has 1 fully saturated rings. The van der Waals surface area contributed by atoms with E-state index in [9.17, 15) is 13.2 Å². The topological polar surface area (TPSA) is 85.0 Å². The molecule has 1 saturated heterocycles. The second kappa shape index (κ2) is 7.65. The van der Waals surface area contributed by atoms with Gasteiger partial charge < -0.3 is 4.90 Å². The molecule has 7 nitrogen and oxygen atoms in total. The van der Waals surface area contributed by atoms with Gasteiger partial charge in [0.2, 0.25) is 0 Å². The largest absolute Gasteiger partial charge is 0.331 e. The van der Waals surface area contributed by atoms with Crippen molar-refractivity contribution < 1.29 is 13.3 Å². The molecule has 28 heavy (non-hydrogen) atoms. The standard InChI is InChI=1S/C19H22N4O3S2/c1-14-17(18(24)23-11-12-27-19(23)20-14)28(25,26)21-16-7-5-15(6-8-16)13-22-9-3-2-4-10-22/h5-8,11-12,21H,2-4,9-10,13H2,1H3/p+1. The average molecular weight is 420 g/mol. The lowest BCUT2D eigenvalue weighted by Crippen LogP contribution is -3.11. The highest BCUT2D eigenvalue weighted by molar-refractivity contribution is 7.92. The van der Waals surface area contributed by atoms with E-state index in [4.69, 9.17) is 0 Å². The highest BCUT2D eigenvalue weighted by atomic mass is 32.2. The minimum absolute atomic E-state index is 0.199. The van der Waals surface area contributed by atoms with Crippen LogP contribution in [0.1, 0.15) is 30.5 Å². The van der Waals surface area contributed by atoms with Crippen LogP contribution in [-0.2, 0) is 16.6 Å². The molecule has 2 aromatic heterocycles. The summed E-state index contributed by atoms with van der Waals surface area (Å²) >= 11 is 1.29. The number of fused-ring (bicyclic) bond motifs is 1. The zero-order valence-electron chi connectivity index (χ0n) is 15.6. The van der Waals surface area contributed by atoms with Crippen molar-refractivity contribution in [1.29, 1.82) is 0 Å². The van der Waals surface area contributed by atoms with Gasteiger partial charge in [-0.2, -0.15) is 0 Å². The van der Waals surface area contributed by atoms with Gasteiger partial charge in [0.1, 0.15) is 6.54 Å². The number of aryl methyl sites for hydroxylation is 1. The first-order valence-corrected chi connectivity index (χ1v) is 11.7. The zero-order chi connectivity index (χ0) is 19.7. The van der Waals surface area contributed by atoms with Crippen molar-refractivity contribution in [2.24, 2.45) is 0 Å². The molecule has 0 bridgehead atoms. The second-order valence-electron chi connectivity index (χ2n) is 7.18. The summed E-state index contributed by atoms with van der Waals surface area (Å²) in [6, 6.07) is 7.39. The Bertz CT molecular complexity index is 1140. The van der Waals surface area contributed by atoms with E-state index in [0.29, 0.717) is 10.6 Å². The second-order valence-corrected chi connectivity index (χ2v) is 9.67. The number of aromatic nitrogens is 2. The number of hydrogen-bond donors (Lipinski definition) is 2. The Morgan fingerprint density at radius 2 is 1.89 bits per heavy atom. The number of piperidine rings is 1. The smallest absolute Gasteiger partial charge is 0.279 e. The molecular formula is C19H23N4O3S2+. The van der Waals surface area contributed by atoms with Gasteiger partial charge in [-0.15, -0.1) is 11.3 Å². The summed E-state index contributed by atoms with van der Waals surface area (Å²) in [5.74, 6) is 0. The fourth-order valence-corrected chi connectivity index (χ4v) is 5.75. The molecule has 0 radical (unpaired) electrons. The lowest BCUT2D eigenvalue weighted by Gasteiger charge is -2.23. The van der Waals surface area contributed by atoms with Gasteiger partial charge in [0, 0.05) is 22.8 Å². The third kappa shape index (κ3) is 3.82. The fourth-order valence-electron chi connectivity index (χ4n) is 3.69. The lowest BCUT2D eigenvalue weighted by atomic mass is 10.1. The molecule has 0 spiro atoms. The van der Waals surface area contributed by atoms with Crippen LogP contribution in [0.4, 0.5) is 5.69 Å². The molecule has 1 aromatic carbocycles. The van der Waals surface area contributed by atoms with Crippen LogP contribution in [0.2, 0.25) is 0 Å². The van der Waals surface area contributed by atoms with Gasteiger partial charge in [0.15, 0.2) is 9.86 Å². The van der Waals surface area contributed by atoms with Crippen molar-refractivity contribution in [2.45, 2.75) is 37.6 Å². The number of thiazole rings is 1. The van der Waals surface area contributed by atoms with E-state index >= 15 is 0 Å². The Kier molecular flexibility index (Phi) is 5.22. The van der Waals surface area contributed by atoms with Gasteiger partial charge in [0.05, 0.1) is 18.8 Å². The highest BCUT2D eigenvalue weighted by Gasteiger charge is 2.24. The number of sulfonamides is 1. The normalized spacial score (nSPS) is 15.8. The number of nitrogens with one attached hydrogen (secondary N) is 2. The highest BCUT2D eigenvalue weighted by Crippen LogP contribution is 2.18. The van der Waals surface area contributed by atoms with Crippen molar-refractivity contribution in [3.8, 4) is 0 Å². The Morgan fingerprint density at radius 3 is 2.61 bits per heavy atom. The van der Waals surface area contributed by atoms with Crippen LogP contribution in [0.25, 0.3) is 4.96 Å². The third-order valence-corrected chi connectivity index (χ3v) is 7.35. The van der Waals surface area contributed by atoms with Crippen molar-refractivity contribution in [3.05, 3.63) is 57.5 Å². The first kappa shape index (κ1) is 19.1. The number of rotatable bonds is 5. The molecule has 1 aliphatic heterocycles. The van der Waals surface area contributed by atoms with E-state index in [2.05, 4.69) is 9.71 Å². The Morgan fingerprint density at radius 1 is 1.18 bits per heavy atom. The molecule has 1 aliphatic rings. The molecule has 148 valence electrons. The van der Waals surface area contributed by atoms with E-state index in [1.54, 1.807) is 29.3 Å². The minimum atomic E-state index is -4.03. The molecule has 0 atom stereocenters. The molecule has 4 rings (SSSR count). The Balaban J connectivity index is 1.56. The lowest BCUT2D eigenvalue weighted by molar-refractivity contribution is -0.918. The molecule has 9 heteroatoms. The summed E-state index contributed by atoms with van der Waals surface area (Å²) < 4.78 is 29.5. The number of quaternary nitrogens is 1. The Labute approximate surface area is 167 Å². The first-order valence-electron chi connectivity index (χ1n) is 9.36. The van der Waals surface area contributed by atoms with Crippen LogP contribution >= 0.6 is 11.3 Å². The number of hydrogen-bond acceptors (Lipinski definition) is 5. The number of benzene rings is 1. The van der Waals surface area contributed by atoms with Gasteiger partial charge >= 0.3 is 0 Å². The van der Waals surface area contributed by atoms with Crippen LogP contribution in [0.3, 0.4) is 0 Å². The maximum absolute atomic E-state index is 12.8. The van der Waals surface area contributed by atoms with Crippen LogP contribution in [0.15, 0.2) is 45.5 Å². The fraction of sp³-hybridized carbons (Fsp3) is 0.368. The van der Waals surface area contributed by atoms with Gasteiger partial charge in [-0.3, -0.25) is 13.9 Å². The van der Waals surface area contributed by atoms with Gasteiger partial charge in [-0.25, -0.2) is 13.4 Å². The summed E-state index contributed by atoms with van der Waals surface area (Å²) in [5.41, 5.74) is 1.23. The molecule has 0 saturated carbocycles. The summed E-state index contributed by atoms with van der Waals surface area (Å²) in [5, 5.41) is 1.70. The van der Waals surface area contributed by atoms with E-state index in [1.807, 2.05) is 12.1 Å². The minimum Gasteiger partial charge on any atom is -0.331 e. The number of likely N-dealkylation sites (tertiary alicyclic amines) is 1. The van der Waals surface area contributed by atoms with Gasteiger partial charge in [0.25, 0.3) is 15.6 Å². The third-order valence-electron chi connectivity index (χ3n) is 5.08.